The molecule has 3 nitrogen and oxygen atoms in total. The molecule has 1 unspecified atom stereocenters. The Balaban J connectivity index is 1.84. The predicted molar refractivity (Wildman–Crippen MR) is 63.9 cm³/mol. The molecule has 88 valence electrons. The van der Waals surface area contributed by atoms with E-state index >= 15 is 0 Å². The molecule has 2 fully saturated rings. The lowest BCUT2D eigenvalue weighted by Crippen LogP contribution is -2.56. The van der Waals surface area contributed by atoms with Gasteiger partial charge in [-0.15, -0.1) is 0 Å². The van der Waals surface area contributed by atoms with Crippen molar-refractivity contribution in [1.82, 2.24) is 10.2 Å². The van der Waals surface area contributed by atoms with Crippen LogP contribution in [0, 0.1) is 0 Å². The maximum atomic E-state index is 5.74. The average molecular weight is 211 g/mol. The lowest BCUT2D eigenvalue weighted by Gasteiger charge is -2.38. The highest BCUT2D eigenvalue weighted by atomic mass is 15.2. The molecule has 1 atom stereocenters. The molecule has 2 aliphatic rings. The molecule has 1 aliphatic carbocycles. The van der Waals surface area contributed by atoms with E-state index in [0.717, 1.165) is 19.1 Å². The van der Waals surface area contributed by atoms with Crippen molar-refractivity contribution in [2.24, 2.45) is 5.73 Å². The first kappa shape index (κ1) is 11.4. The van der Waals surface area contributed by atoms with Gasteiger partial charge in [0.25, 0.3) is 0 Å². The number of nitrogens with one attached hydrogen (secondary N) is 1. The molecule has 1 saturated carbocycles. The van der Waals surface area contributed by atoms with Gasteiger partial charge in [0.05, 0.1) is 0 Å². The molecule has 1 heterocycles. The molecular weight excluding hydrogens is 186 g/mol. The van der Waals surface area contributed by atoms with Crippen LogP contribution >= 0.6 is 0 Å². The Kier molecular flexibility index (Phi) is 4.42. The zero-order valence-corrected chi connectivity index (χ0v) is 9.75. The molecule has 3 heteroatoms. The lowest BCUT2D eigenvalue weighted by molar-refractivity contribution is 0.133. The number of piperazine rings is 1. The summed E-state index contributed by atoms with van der Waals surface area (Å²) in [6.45, 7) is 4.30. The third-order valence-electron chi connectivity index (χ3n) is 3.91. The van der Waals surface area contributed by atoms with Gasteiger partial charge >= 0.3 is 0 Å². The van der Waals surface area contributed by atoms with Crippen LogP contribution in [0.4, 0.5) is 0 Å². The minimum Gasteiger partial charge on any atom is -0.329 e. The Labute approximate surface area is 93.4 Å². The topological polar surface area (TPSA) is 41.3 Å². The molecule has 0 aromatic carbocycles. The van der Waals surface area contributed by atoms with Gasteiger partial charge in [-0.25, -0.2) is 0 Å². The van der Waals surface area contributed by atoms with E-state index in [1.807, 2.05) is 0 Å². The summed E-state index contributed by atoms with van der Waals surface area (Å²) in [7, 11) is 0. The monoisotopic (exact) mass is 211 g/mol. The standard InChI is InChI=1S/C12H25N3/c13-9-11-10-15(8-7-14-11)12-5-3-1-2-4-6-12/h11-12,14H,1-10,13H2. The van der Waals surface area contributed by atoms with Crippen molar-refractivity contribution in [3.63, 3.8) is 0 Å². The van der Waals surface area contributed by atoms with E-state index in [-0.39, 0.29) is 0 Å². The first-order valence-electron chi connectivity index (χ1n) is 6.57. The highest BCUT2D eigenvalue weighted by Gasteiger charge is 2.25. The van der Waals surface area contributed by atoms with Crippen LogP contribution in [0.25, 0.3) is 0 Å². The van der Waals surface area contributed by atoms with Crippen LogP contribution in [0.15, 0.2) is 0 Å². The summed E-state index contributed by atoms with van der Waals surface area (Å²) in [5, 5.41) is 3.49. The van der Waals surface area contributed by atoms with Crippen LogP contribution in [-0.4, -0.2) is 43.2 Å². The normalized spacial score (nSPS) is 31.4. The van der Waals surface area contributed by atoms with E-state index in [9.17, 15) is 0 Å². The Morgan fingerprint density at radius 1 is 1.13 bits per heavy atom. The summed E-state index contributed by atoms with van der Waals surface area (Å²) >= 11 is 0. The largest absolute Gasteiger partial charge is 0.329 e. The van der Waals surface area contributed by atoms with E-state index in [1.165, 1.54) is 51.6 Å². The minimum absolute atomic E-state index is 0.530. The van der Waals surface area contributed by atoms with Gasteiger partial charge in [0.1, 0.15) is 0 Å². The maximum Gasteiger partial charge on any atom is 0.0318 e. The Morgan fingerprint density at radius 3 is 2.53 bits per heavy atom. The third kappa shape index (κ3) is 3.16. The zero-order valence-electron chi connectivity index (χ0n) is 9.75. The average Bonchev–Trinajstić information content (AvgIpc) is 2.58. The maximum absolute atomic E-state index is 5.74. The highest BCUT2D eigenvalue weighted by Crippen LogP contribution is 2.22. The van der Waals surface area contributed by atoms with E-state index < -0.39 is 0 Å². The molecule has 15 heavy (non-hydrogen) atoms. The van der Waals surface area contributed by atoms with Gasteiger partial charge < -0.3 is 11.1 Å². The van der Waals surface area contributed by atoms with Crippen LogP contribution in [0.3, 0.4) is 0 Å². The van der Waals surface area contributed by atoms with Crippen molar-refractivity contribution in [3.05, 3.63) is 0 Å². The zero-order chi connectivity index (χ0) is 10.5. The SMILES string of the molecule is NCC1CN(C2CCCCCC2)CCN1. The van der Waals surface area contributed by atoms with Gasteiger partial charge in [-0.1, -0.05) is 25.7 Å². The van der Waals surface area contributed by atoms with Gasteiger partial charge in [-0.2, -0.15) is 0 Å². The van der Waals surface area contributed by atoms with Crippen molar-refractivity contribution in [2.75, 3.05) is 26.2 Å². The summed E-state index contributed by atoms with van der Waals surface area (Å²) < 4.78 is 0. The molecule has 0 radical (unpaired) electrons. The van der Waals surface area contributed by atoms with Crippen LogP contribution < -0.4 is 11.1 Å². The van der Waals surface area contributed by atoms with Crippen molar-refractivity contribution < 1.29 is 0 Å². The fourth-order valence-electron chi connectivity index (χ4n) is 2.96. The van der Waals surface area contributed by atoms with Crippen LogP contribution in [0.1, 0.15) is 38.5 Å². The fourth-order valence-corrected chi connectivity index (χ4v) is 2.96. The Bertz CT molecular complexity index is 176. The van der Waals surface area contributed by atoms with Gasteiger partial charge in [0.2, 0.25) is 0 Å². The van der Waals surface area contributed by atoms with Crippen molar-refractivity contribution in [1.29, 1.82) is 0 Å². The summed E-state index contributed by atoms with van der Waals surface area (Å²) in [6.07, 6.45) is 8.59. The van der Waals surface area contributed by atoms with Crippen LogP contribution in [0.5, 0.6) is 0 Å². The second kappa shape index (κ2) is 5.83. The fraction of sp³-hybridized carbons (Fsp3) is 1.00. The molecule has 0 bridgehead atoms. The number of hydrogen-bond acceptors (Lipinski definition) is 3. The summed E-state index contributed by atoms with van der Waals surface area (Å²) in [4.78, 5) is 2.68. The quantitative estimate of drug-likeness (QED) is 0.668. The second-order valence-electron chi connectivity index (χ2n) is 5.03. The highest BCUT2D eigenvalue weighted by molar-refractivity contribution is 4.84. The molecule has 0 spiro atoms. The molecular formula is C12H25N3. The smallest absolute Gasteiger partial charge is 0.0318 e. The van der Waals surface area contributed by atoms with Gasteiger partial charge in [-0.3, -0.25) is 4.90 Å². The molecule has 1 saturated heterocycles. The van der Waals surface area contributed by atoms with Crippen LogP contribution in [0.2, 0.25) is 0 Å². The summed E-state index contributed by atoms with van der Waals surface area (Å²) in [6, 6.07) is 1.38. The van der Waals surface area contributed by atoms with Crippen molar-refractivity contribution >= 4 is 0 Å². The Morgan fingerprint density at radius 2 is 1.87 bits per heavy atom. The summed E-state index contributed by atoms with van der Waals surface area (Å²) in [5.74, 6) is 0. The van der Waals surface area contributed by atoms with Gasteiger partial charge in [-0.05, 0) is 12.8 Å². The number of nitrogens with zero attached hydrogens (tertiary/aromatic N) is 1. The molecule has 3 N–H and O–H groups in total. The van der Waals surface area contributed by atoms with Crippen LogP contribution in [-0.2, 0) is 0 Å². The van der Waals surface area contributed by atoms with Gasteiger partial charge in [0.15, 0.2) is 0 Å². The summed E-state index contributed by atoms with van der Waals surface area (Å²) in [5.41, 5.74) is 5.74. The first-order valence-corrected chi connectivity index (χ1v) is 6.57. The van der Waals surface area contributed by atoms with E-state index in [0.29, 0.717) is 6.04 Å². The van der Waals surface area contributed by atoms with E-state index in [4.69, 9.17) is 5.73 Å². The molecule has 2 rings (SSSR count). The number of rotatable bonds is 2. The first-order chi connectivity index (χ1) is 7.40. The van der Waals surface area contributed by atoms with Crippen molar-refractivity contribution in [3.8, 4) is 0 Å². The molecule has 1 aliphatic heterocycles. The third-order valence-corrected chi connectivity index (χ3v) is 3.91. The van der Waals surface area contributed by atoms with E-state index in [1.54, 1.807) is 0 Å². The molecule has 0 amide bonds. The lowest BCUT2D eigenvalue weighted by atomic mass is 10.0. The molecule has 0 aromatic rings. The minimum atomic E-state index is 0.530. The number of nitrogens with two attached hydrogens (primary N) is 1. The van der Waals surface area contributed by atoms with Crippen molar-refractivity contribution in [2.45, 2.75) is 50.6 Å². The predicted octanol–water partition coefficient (Wildman–Crippen LogP) is 0.942. The number of hydrogen-bond donors (Lipinski definition) is 2. The molecule has 0 aromatic heterocycles. The second-order valence-corrected chi connectivity index (χ2v) is 5.03. The van der Waals surface area contributed by atoms with Gasteiger partial charge in [0, 0.05) is 38.3 Å². The van der Waals surface area contributed by atoms with E-state index in [2.05, 4.69) is 10.2 Å². The Hall–Kier alpha value is -0.120.